The van der Waals surface area contributed by atoms with Crippen molar-refractivity contribution < 1.29 is 9.21 Å². The molecule has 4 nitrogen and oxygen atoms in total. The molecule has 104 valence electrons. The Hall–Kier alpha value is -1.40. The minimum absolute atomic E-state index is 0.0443. The Morgan fingerprint density at radius 2 is 2.30 bits per heavy atom. The fourth-order valence-electron chi connectivity index (χ4n) is 2.11. The second kappa shape index (κ2) is 5.93. The number of thioether (sulfide) groups is 1. The first-order valence-corrected chi connectivity index (χ1v) is 8.06. The lowest BCUT2D eigenvalue weighted by Crippen LogP contribution is -2.34. The molecule has 1 N–H and O–H groups in total. The van der Waals surface area contributed by atoms with Gasteiger partial charge in [-0.05, 0) is 30.3 Å². The zero-order chi connectivity index (χ0) is 13.9. The van der Waals surface area contributed by atoms with Crippen molar-refractivity contribution in [2.75, 3.05) is 17.6 Å². The summed E-state index contributed by atoms with van der Waals surface area (Å²) in [4.78, 5) is 14.2. The van der Waals surface area contributed by atoms with Crippen LogP contribution in [0, 0.1) is 0 Å². The predicted octanol–water partition coefficient (Wildman–Crippen LogP) is 4.32. The van der Waals surface area contributed by atoms with E-state index in [4.69, 9.17) is 4.42 Å². The largest absolute Gasteiger partial charge is 0.466 e. The highest BCUT2D eigenvalue weighted by Crippen LogP contribution is 2.38. The van der Waals surface area contributed by atoms with Crippen molar-refractivity contribution in [3.63, 3.8) is 0 Å². The molecule has 2 amide bonds. The highest BCUT2D eigenvalue weighted by atomic mass is 79.9. The molecule has 0 bridgehead atoms. The van der Waals surface area contributed by atoms with Crippen molar-refractivity contribution in [3.8, 4) is 0 Å². The summed E-state index contributed by atoms with van der Waals surface area (Å²) in [6.07, 6.45) is 1.64. The van der Waals surface area contributed by atoms with Crippen LogP contribution in [0.3, 0.4) is 0 Å². The lowest BCUT2D eigenvalue weighted by Gasteiger charge is -2.22. The highest BCUT2D eigenvalue weighted by Gasteiger charge is 2.32. The number of rotatable bonds is 2. The number of urea groups is 1. The number of anilines is 1. The molecule has 1 fully saturated rings. The highest BCUT2D eigenvalue weighted by molar-refractivity contribution is 9.10. The SMILES string of the molecule is O=C(Nc1cccc(Br)c1)N1CCS[C@H]1c1ccco1. The van der Waals surface area contributed by atoms with E-state index in [2.05, 4.69) is 21.2 Å². The van der Waals surface area contributed by atoms with E-state index >= 15 is 0 Å². The van der Waals surface area contributed by atoms with Crippen molar-refractivity contribution in [2.24, 2.45) is 0 Å². The molecule has 2 aromatic rings. The van der Waals surface area contributed by atoms with Gasteiger partial charge in [0.2, 0.25) is 0 Å². The van der Waals surface area contributed by atoms with E-state index < -0.39 is 0 Å². The van der Waals surface area contributed by atoms with Gasteiger partial charge < -0.3 is 14.6 Å². The van der Waals surface area contributed by atoms with Crippen molar-refractivity contribution in [1.29, 1.82) is 0 Å². The van der Waals surface area contributed by atoms with Crippen LogP contribution in [0.5, 0.6) is 0 Å². The van der Waals surface area contributed by atoms with Crippen molar-refractivity contribution in [3.05, 3.63) is 52.9 Å². The first kappa shape index (κ1) is 13.6. The number of hydrogen-bond acceptors (Lipinski definition) is 3. The smallest absolute Gasteiger partial charge is 0.323 e. The molecule has 1 aliphatic heterocycles. The molecule has 0 saturated carbocycles. The van der Waals surface area contributed by atoms with Crippen LogP contribution < -0.4 is 5.32 Å². The number of nitrogens with zero attached hydrogens (tertiary/aromatic N) is 1. The maximum Gasteiger partial charge on any atom is 0.323 e. The van der Waals surface area contributed by atoms with E-state index in [9.17, 15) is 4.79 Å². The van der Waals surface area contributed by atoms with Crippen LogP contribution >= 0.6 is 27.7 Å². The standard InChI is InChI=1S/C14H13BrN2O2S/c15-10-3-1-4-11(9-10)16-14(18)17-6-8-20-13(17)12-5-2-7-19-12/h1-5,7,9,13H,6,8H2,(H,16,18)/t13-/m0/s1. The maximum absolute atomic E-state index is 12.4. The quantitative estimate of drug-likeness (QED) is 0.875. The Morgan fingerprint density at radius 1 is 1.40 bits per heavy atom. The van der Waals surface area contributed by atoms with Gasteiger partial charge in [0.25, 0.3) is 0 Å². The van der Waals surface area contributed by atoms with E-state index in [1.807, 2.05) is 36.4 Å². The fraction of sp³-hybridized carbons (Fsp3) is 0.214. The molecule has 1 aromatic carbocycles. The number of nitrogens with one attached hydrogen (secondary N) is 1. The van der Waals surface area contributed by atoms with Crippen LogP contribution in [0.4, 0.5) is 10.5 Å². The topological polar surface area (TPSA) is 45.5 Å². The normalized spacial score (nSPS) is 18.2. The summed E-state index contributed by atoms with van der Waals surface area (Å²) in [6.45, 7) is 0.718. The molecule has 1 atom stereocenters. The molecule has 20 heavy (non-hydrogen) atoms. The maximum atomic E-state index is 12.4. The molecular weight excluding hydrogens is 340 g/mol. The number of carbonyl (C=O) groups excluding carboxylic acids is 1. The molecule has 1 aliphatic rings. The van der Waals surface area contributed by atoms with Crippen molar-refractivity contribution in [2.45, 2.75) is 5.37 Å². The van der Waals surface area contributed by atoms with Gasteiger partial charge in [-0.2, -0.15) is 0 Å². The average molecular weight is 353 g/mol. The minimum atomic E-state index is -0.102. The average Bonchev–Trinajstić information content (AvgIpc) is 3.09. The van der Waals surface area contributed by atoms with Gasteiger partial charge in [-0.1, -0.05) is 22.0 Å². The third-order valence-corrected chi connectivity index (χ3v) is 4.73. The third kappa shape index (κ3) is 2.86. The van der Waals surface area contributed by atoms with Crippen LogP contribution in [0.1, 0.15) is 11.1 Å². The summed E-state index contributed by atoms with van der Waals surface area (Å²) in [7, 11) is 0. The second-order valence-corrected chi connectivity index (χ2v) is 6.48. The summed E-state index contributed by atoms with van der Waals surface area (Å²) in [6, 6.07) is 11.2. The van der Waals surface area contributed by atoms with Gasteiger partial charge in [0.05, 0.1) is 6.26 Å². The van der Waals surface area contributed by atoms with Crippen LogP contribution in [0.15, 0.2) is 51.6 Å². The lowest BCUT2D eigenvalue weighted by molar-refractivity contribution is 0.210. The minimum Gasteiger partial charge on any atom is -0.466 e. The molecule has 0 unspecified atom stereocenters. The zero-order valence-corrected chi connectivity index (χ0v) is 13.0. The summed E-state index contributed by atoms with van der Waals surface area (Å²) in [5, 5.41) is 2.87. The number of benzene rings is 1. The first-order chi connectivity index (χ1) is 9.74. The van der Waals surface area contributed by atoms with E-state index in [1.165, 1.54) is 0 Å². The summed E-state index contributed by atoms with van der Waals surface area (Å²) < 4.78 is 6.36. The molecule has 0 radical (unpaired) electrons. The van der Waals surface area contributed by atoms with Gasteiger partial charge in [0, 0.05) is 22.5 Å². The summed E-state index contributed by atoms with van der Waals surface area (Å²) in [5.74, 6) is 1.73. The number of furan rings is 1. The first-order valence-electron chi connectivity index (χ1n) is 6.22. The van der Waals surface area contributed by atoms with Crippen LogP contribution in [0.25, 0.3) is 0 Å². The van der Waals surface area contributed by atoms with Crippen LogP contribution in [-0.2, 0) is 0 Å². The number of carbonyl (C=O) groups is 1. The summed E-state index contributed by atoms with van der Waals surface area (Å²) in [5.41, 5.74) is 0.777. The second-order valence-electron chi connectivity index (χ2n) is 4.37. The Labute approximate surface area is 129 Å². The fourth-order valence-corrected chi connectivity index (χ4v) is 3.71. The Morgan fingerprint density at radius 3 is 3.05 bits per heavy atom. The van der Waals surface area contributed by atoms with E-state index in [-0.39, 0.29) is 11.4 Å². The Kier molecular flexibility index (Phi) is 4.03. The van der Waals surface area contributed by atoms with Gasteiger partial charge in [0.1, 0.15) is 11.1 Å². The van der Waals surface area contributed by atoms with Crippen LogP contribution in [-0.4, -0.2) is 23.2 Å². The third-order valence-electron chi connectivity index (χ3n) is 3.01. The zero-order valence-electron chi connectivity index (χ0n) is 10.6. The van der Waals surface area contributed by atoms with E-state index in [1.54, 1.807) is 22.9 Å². The lowest BCUT2D eigenvalue weighted by atomic mass is 10.3. The number of halogens is 1. The molecule has 6 heteroatoms. The van der Waals surface area contributed by atoms with E-state index in [0.29, 0.717) is 0 Å². The van der Waals surface area contributed by atoms with Gasteiger partial charge >= 0.3 is 6.03 Å². The molecule has 0 aliphatic carbocycles. The van der Waals surface area contributed by atoms with Gasteiger partial charge in [-0.3, -0.25) is 0 Å². The molecule has 3 rings (SSSR count). The van der Waals surface area contributed by atoms with E-state index in [0.717, 1.165) is 28.2 Å². The predicted molar refractivity (Wildman–Crippen MR) is 83.8 cm³/mol. The Bertz CT molecular complexity index is 603. The van der Waals surface area contributed by atoms with Crippen molar-refractivity contribution in [1.82, 2.24) is 4.90 Å². The van der Waals surface area contributed by atoms with Crippen LogP contribution in [0.2, 0.25) is 0 Å². The van der Waals surface area contributed by atoms with Gasteiger partial charge in [0.15, 0.2) is 0 Å². The number of amides is 2. The molecule has 1 aromatic heterocycles. The summed E-state index contributed by atoms with van der Waals surface area (Å²) >= 11 is 5.11. The monoisotopic (exact) mass is 352 g/mol. The molecule has 0 spiro atoms. The Balaban J connectivity index is 1.73. The molecule has 2 heterocycles. The molecular formula is C14H13BrN2O2S. The van der Waals surface area contributed by atoms with Gasteiger partial charge in [-0.15, -0.1) is 11.8 Å². The van der Waals surface area contributed by atoms with Gasteiger partial charge in [-0.25, -0.2) is 4.79 Å². The molecule has 1 saturated heterocycles. The van der Waals surface area contributed by atoms with Crippen molar-refractivity contribution >= 4 is 39.4 Å². The number of hydrogen-bond donors (Lipinski definition) is 1.